The van der Waals surface area contributed by atoms with E-state index in [4.69, 9.17) is 28.5 Å². The molecule has 2 aromatic carbocycles. The molecule has 2 atom stereocenters. The molecular weight excluding hydrogens is 553 g/mol. The van der Waals surface area contributed by atoms with E-state index in [2.05, 4.69) is 15.6 Å². The van der Waals surface area contributed by atoms with E-state index in [9.17, 15) is 35.1 Å². The number of aliphatic imine (C=N–C) groups is 1. The second-order valence-corrected chi connectivity index (χ2v) is 9.11. The van der Waals surface area contributed by atoms with Gasteiger partial charge in [0.15, 0.2) is 0 Å². The summed E-state index contributed by atoms with van der Waals surface area (Å²) >= 11 is 12.6. The summed E-state index contributed by atoms with van der Waals surface area (Å²) in [4.78, 5) is 29.6. The summed E-state index contributed by atoms with van der Waals surface area (Å²) < 4.78 is 0. The lowest BCUT2D eigenvalue weighted by atomic mass is 10.00. The Balaban J connectivity index is 2.10. The number of phenolic OH excluding ortho intramolecular Hbond substituents is 1. The molecule has 0 aromatic heterocycles. The van der Waals surface area contributed by atoms with Gasteiger partial charge >= 0.3 is 5.97 Å². The van der Waals surface area contributed by atoms with Gasteiger partial charge in [0.05, 0.1) is 34.9 Å². The first-order valence-corrected chi connectivity index (χ1v) is 12.5. The molecule has 0 radical (unpaired) electrons. The zero-order valence-electron chi connectivity index (χ0n) is 20.7. The molecule has 0 fully saturated rings. The van der Waals surface area contributed by atoms with E-state index in [1.165, 1.54) is 29.2 Å². The molecule has 0 spiro atoms. The minimum atomic E-state index is -1.49. The summed E-state index contributed by atoms with van der Waals surface area (Å²) in [6.45, 7) is -0.990. The third kappa shape index (κ3) is 9.58. The van der Waals surface area contributed by atoms with E-state index < -0.39 is 30.6 Å². The maximum Gasteiger partial charge on any atom is 0.328 e. The van der Waals surface area contributed by atoms with Crippen LogP contribution in [0, 0.1) is 11.5 Å². The maximum absolute atomic E-state index is 12.9. The lowest BCUT2D eigenvalue weighted by Gasteiger charge is -2.25. The molecule has 2 rings (SSSR count). The number of benzene rings is 2. The maximum atomic E-state index is 12.9. The highest BCUT2D eigenvalue weighted by molar-refractivity contribution is 6.39. The van der Waals surface area contributed by atoms with E-state index in [0.717, 1.165) is 0 Å². The van der Waals surface area contributed by atoms with E-state index in [-0.39, 0.29) is 60.0 Å². The first-order valence-electron chi connectivity index (χ1n) is 11.8. The molecule has 0 bridgehead atoms. The summed E-state index contributed by atoms with van der Waals surface area (Å²) in [5.41, 5.74) is 1.02. The normalized spacial score (nSPS) is 12.8. The fourth-order valence-corrected chi connectivity index (χ4v) is 4.35. The van der Waals surface area contributed by atoms with Gasteiger partial charge in [0.1, 0.15) is 11.8 Å². The van der Waals surface area contributed by atoms with Gasteiger partial charge in [-0.15, -0.1) is 4.99 Å². The number of aromatic hydroxyl groups is 1. The minimum Gasteiger partial charge on any atom is -0.508 e. The molecule has 0 saturated carbocycles. The standard InChI is InChI=1S/C25H29Cl2N5O7/c26-18-10-15(4-5-21(36)16-2-1-3-17(35)12-16)11-19(27)22(18)23(37)31-20(24(38)39)13-29-25(30-14-28)32(6-8-33)7-9-34/h1-3,10-12,20-21,33-36H,4-9,13H2,(H,29,30)(H,31,37)(H,38,39)/t20-,21?/m0/s1. The fraction of sp³-hybridized carbons (Fsp3) is 0.360. The molecule has 14 heteroatoms. The number of amides is 1. The number of carboxylic acids is 1. The second-order valence-electron chi connectivity index (χ2n) is 8.30. The second kappa shape index (κ2) is 15.7. The van der Waals surface area contributed by atoms with E-state index >= 15 is 0 Å². The average molecular weight is 582 g/mol. The Morgan fingerprint density at radius 3 is 2.28 bits per heavy atom. The van der Waals surface area contributed by atoms with Crippen molar-refractivity contribution in [3.8, 4) is 11.9 Å². The molecule has 39 heavy (non-hydrogen) atoms. The van der Waals surface area contributed by atoms with Gasteiger partial charge in [-0.1, -0.05) is 35.3 Å². The molecule has 0 aliphatic rings. The number of hydrogen-bond donors (Lipinski definition) is 7. The summed E-state index contributed by atoms with van der Waals surface area (Å²) in [5.74, 6) is -2.31. The molecule has 1 amide bonds. The number of carbonyl (C=O) groups is 2. The number of nitrogens with zero attached hydrogens (tertiary/aromatic N) is 3. The number of nitrogens with one attached hydrogen (secondary N) is 2. The number of aliphatic hydroxyl groups excluding tert-OH is 3. The van der Waals surface area contributed by atoms with E-state index in [1.807, 2.05) is 0 Å². The van der Waals surface area contributed by atoms with Crippen LogP contribution >= 0.6 is 23.2 Å². The number of carboxylic acid groups (broad SMARTS) is 1. The van der Waals surface area contributed by atoms with Crippen LogP contribution in [0.5, 0.6) is 5.75 Å². The van der Waals surface area contributed by atoms with Crippen LogP contribution in [-0.4, -0.2) is 87.2 Å². The van der Waals surface area contributed by atoms with Crippen LogP contribution in [0.15, 0.2) is 41.4 Å². The smallest absolute Gasteiger partial charge is 0.328 e. The molecule has 1 unspecified atom stereocenters. The van der Waals surface area contributed by atoms with Crippen molar-refractivity contribution >= 4 is 41.0 Å². The summed E-state index contributed by atoms with van der Waals surface area (Å²) in [6, 6.07) is 7.74. The van der Waals surface area contributed by atoms with Crippen LogP contribution in [0.2, 0.25) is 10.0 Å². The average Bonchev–Trinajstić information content (AvgIpc) is 2.88. The van der Waals surface area contributed by atoms with Crippen molar-refractivity contribution in [2.24, 2.45) is 4.99 Å². The van der Waals surface area contributed by atoms with Crippen molar-refractivity contribution in [1.29, 1.82) is 5.26 Å². The quantitative estimate of drug-likeness (QED) is 0.103. The number of aliphatic carboxylic acids is 1. The molecule has 2 aromatic rings. The number of hydrogen-bond acceptors (Lipinski definition) is 8. The molecule has 7 N–H and O–H groups in total. The van der Waals surface area contributed by atoms with Gasteiger partial charge in [-0.3, -0.25) is 4.79 Å². The fourth-order valence-electron chi connectivity index (χ4n) is 3.65. The molecule has 0 saturated heterocycles. The van der Waals surface area contributed by atoms with Gasteiger partial charge in [0.25, 0.3) is 5.91 Å². The highest BCUT2D eigenvalue weighted by atomic mass is 35.5. The van der Waals surface area contributed by atoms with Crippen LogP contribution in [0.3, 0.4) is 0 Å². The highest BCUT2D eigenvalue weighted by Gasteiger charge is 2.25. The molecule has 210 valence electrons. The van der Waals surface area contributed by atoms with Gasteiger partial charge in [-0.05, 0) is 48.2 Å². The Bertz CT molecular complexity index is 1190. The van der Waals surface area contributed by atoms with Crippen molar-refractivity contribution in [2.75, 3.05) is 32.8 Å². The van der Waals surface area contributed by atoms with Crippen molar-refractivity contribution in [2.45, 2.75) is 25.0 Å². The minimum absolute atomic E-state index is 0.0145. The topological polar surface area (TPSA) is 199 Å². The van der Waals surface area contributed by atoms with Gasteiger partial charge in [0, 0.05) is 19.6 Å². The monoisotopic (exact) mass is 581 g/mol. The lowest BCUT2D eigenvalue weighted by Crippen LogP contribution is -2.52. The van der Waals surface area contributed by atoms with Crippen LogP contribution in [0.25, 0.3) is 0 Å². The number of aliphatic hydroxyl groups is 3. The van der Waals surface area contributed by atoms with Crippen LogP contribution < -0.4 is 10.6 Å². The van der Waals surface area contributed by atoms with Crippen LogP contribution in [0.1, 0.15) is 34.0 Å². The SMILES string of the molecule is N#C/N=C(/NC[C@H](NC(=O)c1c(Cl)cc(CCC(O)c2cccc(O)c2)cc1Cl)C(=O)O)N(CCO)CCO. The number of phenols is 1. The Labute approximate surface area is 234 Å². The number of halogens is 2. The van der Waals surface area contributed by atoms with Crippen LogP contribution in [-0.2, 0) is 11.2 Å². The number of guanidine groups is 1. The Morgan fingerprint density at radius 2 is 1.74 bits per heavy atom. The zero-order valence-corrected chi connectivity index (χ0v) is 22.2. The Hall–Kier alpha value is -3.60. The van der Waals surface area contributed by atoms with Crippen molar-refractivity contribution < 1.29 is 35.1 Å². The summed E-state index contributed by atoms with van der Waals surface area (Å²) in [5, 5.41) is 61.9. The Kier molecular flexibility index (Phi) is 12.7. The first-order chi connectivity index (χ1) is 18.6. The van der Waals surface area contributed by atoms with Crippen molar-refractivity contribution in [1.82, 2.24) is 15.5 Å². The number of rotatable bonds is 13. The first kappa shape index (κ1) is 31.6. The predicted molar refractivity (Wildman–Crippen MR) is 144 cm³/mol. The van der Waals surface area contributed by atoms with Crippen LogP contribution in [0.4, 0.5) is 0 Å². The third-order valence-corrected chi connectivity index (χ3v) is 6.15. The summed E-state index contributed by atoms with van der Waals surface area (Å²) in [7, 11) is 0. The molecule has 0 aliphatic heterocycles. The van der Waals surface area contributed by atoms with Crippen molar-refractivity contribution in [3.63, 3.8) is 0 Å². The number of carbonyl (C=O) groups excluding carboxylic acids is 1. The van der Waals surface area contributed by atoms with Gasteiger partial charge in [-0.2, -0.15) is 5.26 Å². The molecule has 12 nitrogen and oxygen atoms in total. The lowest BCUT2D eigenvalue weighted by molar-refractivity contribution is -0.139. The van der Waals surface area contributed by atoms with Gasteiger partial charge < -0.3 is 41.1 Å². The van der Waals surface area contributed by atoms with E-state index in [1.54, 1.807) is 18.3 Å². The predicted octanol–water partition coefficient (Wildman–Crippen LogP) is 1.26. The third-order valence-electron chi connectivity index (χ3n) is 5.55. The van der Waals surface area contributed by atoms with Gasteiger partial charge in [0.2, 0.25) is 12.2 Å². The number of aryl methyl sites for hydroxylation is 1. The van der Waals surface area contributed by atoms with Gasteiger partial charge in [-0.25, -0.2) is 4.79 Å². The molecular formula is C25H29Cl2N5O7. The van der Waals surface area contributed by atoms with E-state index in [0.29, 0.717) is 17.5 Å². The number of nitriles is 1. The largest absolute Gasteiger partial charge is 0.508 e. The van der Waals surface area contributed by atoms with Crippen molar-refractivity contribution in [3.05, 3.63) is 63.1 Å². The zero-order chi connectivity index (χ0) is 28.9. The highest BCUT2D eigenvalue weighted by Crippen LogP contribution is 2.29. The Morgan fingerprint density at radius 1 is 1.10 bits per heavy atom. The summed E-state index contributed by atoms with van der Waals surface area (Å²) in [6.07, 6.45) is 1.33. The molecule has 0 aliphatic carbocycles. The molecule has 0 heterocycles.